The van der Waals surface area contributed by atoms with E-state index >= 15 is 0 Å². The van der Waals surface area contributed by atoms with E-state index in [0.717, 1.165) is 25.9 Å². The topological polar surface area (TPSA) is 29.9 Å². The van der Waals surface area contributed by atoms with Gasteiger partial charge in [0.1, 0.15) is 0 Å². The Hall–Kier alpha value is -1.26. The monoisotopic (exact) mass is 303 g/mol. The van der Waals surface area contributed by atoms with Crippen LogP contribution in [0.2, 0.25) is 0 Å². The van der Waals surface area contributed by atoms with Crippen molar-refractivity contribution in [2.45, 2.75) is 44.2 Å². The molecule has 0 amide bonds. The maximum Gasteiger partial charge on any atom is 0.0522 e. The highest BCUT2D eigenvalue weighted by atomic mass is 32.2. The van der Waals surface area contributed by atoms with E-state index in [1.165, 1.54) is 16.0 Å². The van der Waals surface area contributed by atoms with E-state index in [-0.39, 0.29) is 0 Å². The van der Waals surface area contributed by atoms with Gasteiger partial charge in [0.25, 0.3) is 0 Å². The summed E-state index contributed by atoms with van der Waals surface area (Å²) in [6.45, 7) is 6.28. The van der Waals surface area contributed by atoms with Gasteiger partial charge in [-0.2, -0.15) is 5.10 Å². The molecule has 0 aliphatic heterocycles. The molecule has 4 heteroatoms. The van der Waals surface area contributed by atoms with Gasteiger partial charge < -0.3 is 5.32 Å². The van der Waals surface area contributed by atoms with E-state index in [9.17, 15) is 0 Å². The SMILES string of the molecule is CCCNC(Cc1cnn(CC)c1)c1ccc(SC)cc1. The third-order valence-electron chi connectivity index (χ3n) is 3.61. The zero-order valence-corrected chi connectivity index (χ0v) is 14.0. The number of hydrogen-bond donors (Lipinski definition) is 1. The van der Waals surface area contributed by atoms with Crippen LogP contribution in [-0.4, -0.2) is 22.6 Å². The van der Waals surface area contributed by atoms with E-state index in [1.54, 1.807) is 11.8 Å². The molecule has 0 bridgehead atoms. The normalized spacial score (nSPS) is 12.5. The lowest BCUT2D eigenvalue weighted by atomic mass is 10.0. The van der Waals surface area contributed by atoms with Crippen LogP contribution in [0.1, 0.15) is 37.4 Å². The number of nitrogens with one attached hydrogen (secondary N) is 1. The van der Waals surface area contributed by atoms with E-state index < -0.39 is 0 Å². The Labute approximate surface area is 132 Å². The molecule has 0 radical (unpaired) electrons. The van der Waals surface area contributed by atoms with Gasteiger partial charge in [-0.15, -0.1) is 11.8 Å². The zero-order valence-electron chi connectivity index (χ0n) is 13.2. The minimum Gasteiger partial charge on any atom is -0.310 e. The second-order valence-electron chi connectivity index (χ2n) is 5.19. The molecule has 1 N–H and O–H groups in total. The molecule has 0 aliphatic rings. The summed E-state index contributed by atoms with van der Waals surface area (Å²) in [7, 11) is 0. The number of benzene rings is 1. The van der Waals surface area contributed by atoms with E-state index in [1.807, 2.05) is 10.9 Å². The van der Waals surface area contributed by atoms with Crippen molar-refractivity contribution in [3.05, 3.63) is 47.8 Å². The van der Waals surface area contributed by atoms with Crippen molar-refractivity contribution in [1.29, 1.82) is 0 Å². The summed E-state index contributed by atoms with van der Waals surface area (Å²) < 4.78 is 1.99. The summed E-state index contributed by atoms with van der Waals surface area (Å²) in [5.41, 5.74) is 2.64. The molecule has 1 aromatic heterocycles. The van der Waals surface area contributed by atoms with Crippen LogP contribution in [0.5, 0.6) is 0 Å². The summed E-state index contributed by atoms with van der Waals surface area (Å²) >= 11 is 1.78. The van der Waals surface area contributed by atoms with E-state index in [2.05, 4.69) is 61.0 Å². The number of hydrogen-bond acceptors (Lipinski definition) is 3. The molecule has 2 rings (SSSR count). The van der Waals surface area contributed by atoms with Crippen molar-refractivity contribution >= 4 is 11.8 Å². The van der Waals surface area contributed by atoms with Crippen molar-refractivity contribution < 1.29 is 0 Å². The van der Waals surface area contributed by atoms with E-state index in [4.69, 9.17) is 0 Å². The summed E-state index contributed by atoms with van der Waals surface area (Å²) in [5.74, 6) is 0. The van der Waals surface area contributed by atoms with Crippen LogP contribution in [0.4, 0.5) is 0 Å². The number of rotatable bonds is 8. The van der Waals surface area contributed by atoms with Crippen molar-refractivity contribution in [1.82, 2.24) is 15.1 Å². The lowest BCUT2D eigenvalue weighted by molar-refractivity contribution is 0.528. The highest BCUT2D eigenvalue weighted by Crippen LogP contribution is 2.22. The molecule has 0 fully saturated rings. The molecule has 1 unspecified atom stereocenters. The van der Waals surface area contributed by atoms with Crippen molar-refractivity contribution in [2.24, 2.45) is 0 Å². The van der Waals surface area contributed by atoms with Crippen LogP contribution < -0.4 is 5.32 Å². The quantitative estimate of drug-likeness (QED) is 0.750. The Morgan fingerprint density at radius 2 is 2.00 bits per heavy atom. The lowest BCUT2D eigenvalue weighted by Crippen LogP contribution is -2.24. The van der Waals surface area contributed by atoms with Crippen molar-refractivity contribution in [3.63, 3.8) is 0 Å². The van der Waals surface area contributed by atoms with E-state index in [0.29, 0.717) is 6.04 Å². The van der Waals surface area contributed by atoms with Crippen LogP contribution in [0, 0.1) is 0 Å². The molecule has 0 spiro atoms. The smallest absolute Gasteiger partial charge is 0.0522 e. The third kappa shape index (κ3) is 4.61. The lowest BCUT2D eigenvalue weighted by Gasteiger charge is -2.18. The number of thioether (sulfide) groups is 1. The van der Waals surface area contributed by atoms with Gasteiger partial charge in [0, 0.05) is 23.7 Å². The fourth-order valence-corrected chi connectivity index (χ4v) is 2.79. The largest absolute Gasteiger partial charge is 0.310 e. The molecule has 0 saturated heterocycles. The predicted octanol–water partition coefficient (Wildman–Crippen LogP) is 3.91. The minimum absolute atomic E-state index is 0.357. The van der Waals surface area contributed by atoms with Gasteiger partial charge in [0.2, 0.25) is 0 Å². The average Bonchev–Trinajstić information content (AvgIpc) is 2.99. The van der Waals surface area contributed by atoms with Crippen LogP contribution in [0.25, 0.3) is 0 Å². The molecule has 114 valence electrons. The second kappa shape index (κ2) is 8.25. The van der Waals surface area contributed by atoms with Gasteiger partial charge in [0.05, 0.1) is 6.20 Å². The molecule has 0 saturated carbocycles. The first-order valence-corrected chi connectivity index (χ1v) is 8.88. The third-order valence-corrected chi connectivity index (χ3v) is 4.35. The molecule has 2 aromatic rings. The zero-order chi connectivity index (χ0) is 15.1. The first kappa shape index (κ1) is 16.1. The molecule has 21 heavy (non-hydrogen) atoms. The Balaban J connectivity index is 2.12. The van der Waals surface area contributed by atoms with Gasteiger partial charge in [-0.05, 0) is 55.8 Å². The Bertz CT molecular complexity index is 533. The fourth-order valence-electron chi connectivity index (χ4n) is 2.38. The van der Waals surface area contributed by atoms with Gasteiger partial charge >= 0.3 is 0 Å². The first-order valence-electron chi connectivity index (χ1n) is 7.65. The standard InChI is InChI=1S/C17H25N3S/c1-4-10-18-17(11-14-12-19-20(5-2)13-14)15-6-8-16(21-3)9-7-15/h6-9,12-13,17-18H,4-5,10-11H2,1-3H3. The predicted molar refractivity (Wildman–Crippen MR) is 90.9 cm³/mol. The van der Waals surface area contributed by atoms with Crippen molar-refractivity contribution in [2.75, 3.05) is 12.8 Å². The highest BCUT2D eigenvalue weighted by Gasteiger charge is 2.12. The van der Waals surface area contributed by atoms with Crippen LogP contribution in [0.15, 0.2) is 41.6 Å². The maximum absolute atomic E-state index is 4.37. The minimum atomic E-state index is 0.357. The van der Waals surface area contributed by atoms with Gasteiger partial charge in [-0.3, -0.25) is 4.68 Å². The summed E-state index contributed by atoms with van der Waals surface area (Å²) in [6.07, 6.45) is 8.38. The highest BCUT2D eigenvalue weighted by molar-refractivity contribution is 7.98. The molecule has 1 atom stereocenters. The summed E-state index contributed by atoms with van der Waals surface area (Å²) in [4.78, 5) is 1.31. The van der Waals surface area contributed by atoms with Crippen LogP contribution in [0.3, 0.4) is 0 Å². The fraction of sp³-hybridized carbons (Fsp3) is 0.471. The first-order chi connectivity index (χ1) is 10.3. The Morgan fingerprint density at radius 1 is 1.24 bits per heavy atom. The van der Waals surface area contributed by atoms with Gasteiger partial charge in [-0.25, -0.2) is 0 Å². The van der Waals surface area contributed by atoms with Crippen LogP contribution in [-0.2, 0) is 13.0 Å². The van der Waals surface area contributed by atoms with Crippen LogP contribution >= 0.6 is 11.8 Å². The molecule has 3 nitrogen and oxygen atoms in total. The molecule has 1 heterocycles. The Morgan fingerprint density at radius 3 is 2.57 bits per heavy atom. The molecule has 0 aliphatic carbocycles. The van der Waals surface area contributed by atoms with Gasteiger partial charge in [-0.1, -0.05) is 19.1 Å². The Kier molecular flexibility index (Phi) is 6.33. The number of nitrogens with zero attached hydrogens (tertiary/aromatic N) is 2. The van der Waals surface area contributed by atoms with Gasteiger partial charge in [0.15, 0.2) is 0 Å². The summed E-state index contributed by atoms with van der Waals surface area (Å²) in [5, 5.41) is 8.03. The second-order valence-corrected chi connectivity index (χ2v) is 6.07. The average molecular weight is 303 g/mol. The molecular weight excluding hydrogens is 278 g/mol. The number of aromatic nitrogens is 2. The maximum atomic E-state index is 4.37. The number of aryl methyl sites for hydroxylation is 1. The summed E-state index contributed by atoms with van der Waals surface area (Å²) in [6, 6.07) is 9.24. The van der Waals surface area contributed by atoms with Crippen molar-refractivity contribution in [3.8, 4) is 0 Å². The molecular formula is C17H25N3S. The molecule has 1 aromatic carbocycles.